The van der Waals surface area contributed by atoms with Crippen LogP contribution in [0.2, 0.25) is 0 Å². The van der Waals surface area contributed by atoms with Gasteiger partial charge in [0.2, 0.25) is 0 Å². The molecular weight excluding hydrogens is 408 g/mol. The van der Waals surface area contributed by atoms with Crippen molar-refractivity contribution in [3.05, 3.63) is 83.9 Å². The molecule has 32 heavy (non-hydrogen) atoms. The molecule has 0 radical (unpaired) electrons. The first kappa shape index (κ1) is 21.2. The molecule has 0 fully saturated rings. The Balaban J connectivity index is 1.35. The lowest BCUT2D eigenvalue weighted by Gasteiger charge is -2.10. The number of esters is 2. The van der Waals surface area contributed by atoms with Gasteiger partial charge in [0, 0.05) is 0 Å². The summed E-state index contributed by atoms with van der Waals surface area (Å²) < 4.78 is 21.1. The molecule has 0 aromatic heterocycles. The normalized spacial score (nSPS) is 10.7. The molecule has 6 heteroatoms. The summed E-state index contributed by atoms with van der Waals surface area (Å²) in [6.45, 7) is 0.760. The number of benzene rings is 4. The summed E-state index contributed by atoms with van der Waals surface area (Å²) in [6, 6.07) is 22.2. The topological polar surface area (TPSA) is 71.1 Å². The van der Waals surface area contributed by atoms with E-state index in [4.69, 9.17) is 18.9 Å². The lowest BCUT2D eigenvalue weighted by atomic mass is 10.1. The predicted molar refractivity (Wildman–Crippen MR) is 122 cm³/mol. The van der Waals surface area contributed by atoms with Crippen LogP contribution in [-0.4, -0.2) is 39.4 Å². The van der Waals surface area contributed by atoms with Gasteiger partial charge in [-0.25, -0.2) is 9.59 Å². The fraction of sp³-hybridized carbons (Fsp3) is 0.154. The van der Waals surface area contributed by atoms with Crippen LogP contribution in [-0.2, 0) is 9.47 Å². The van der Waals surface area contributed by atoms with E-state index in [-0.39, 0.29) is 11.9 Å². The molecule has 162 valence electrons. The minimum absolute atomic E-state index is 0.359. The van der Waals surface area contributed by atoms with E-state index < -0.39 is 0 Å². The van der Waals surface area contributed by atoms with Gasteiger partial charge < -0.3 is 18.9 Å². The molecule has 0 saturated carbocycles. The third-order valence-electron chi connectivity index (χ3n) is 5.09. The fourth-order valence-corrected chi connectivity index (χ4v) is 3.44. The highest BCUT2D eigenvalue weighted by Crippen LogP contribution is 2.24. The first-order chi connectivity index (χ1) is 15.6. The fourth-order valence-electron chi connectivity index (χ4n) is 3.44. The highest BCUT2D eigenvalue weighted by atomic mass is 16.5. The molecule has 0 aliphatic rings. The van der Waals surface area contributed by atoms with Crippen LogP contribution >= 0.6 is 0 Å². The van der Waals surface area contributed by atoms with Gasteiger partial charge >= 0.3 is 11.9 Å². The van der Waals surface area contributed by atoms with Gasteiger partial charge in [-0.05, 0) is 70.1 Å². The Bertz CT molecular complexity index is 1190. The van der Waals surface area contributed by atoms with Crippen LogP contribution < -0.4 is 9.47 Å². The SMILES string of the molecule is COC(=O)c1ccc2cc(OCCOc3ccc4cc(C(=O)OC)ccc4c3)ccc2c1. The van der Waals surface area contributed by atoms with E-state index in [1.165, 1.54) is 14.2 Å². The molecule has 0 heterocycles. The quantitative estimate of drug-likeness (QED) is 0.303. The van der Waals surface area contributed by atoms with Gasteiger partial charge in [0.05, 0.1) is 25.3 Å². The summed E-state index contributed by atoms with van der Waals surface area (Å²) in [7, 11) is 2.73. The van der Waals surface area contributed by atoms with E-state index in [1.54, 1.807) is 24.3 Å². The van der Waals surface area contributed by atoms with E-state index in [1.807, 2.05) is 48.5 Å². The molecule has 0 aliphatic heterocycles. The Morgan fingerprint density at radius 1 is 0.562 bits per heavy atom. The van der Waals surface area contributed by atoms with Gasteiger partial charge in [-0.3, -0.25) is 0 Å². The van der Waals surface area contributed by atoms with Crippen LogP contribution in [0.1, 0.15) is 20.7 Å². The van der Waals surface area contributed by atoms with Crippen molar-refractivity contribution in [3.8, 4) is 11.5 Å². The van der Waals surface area contributed by atoms with Crippen molar-refractivity contribution in [1.82, 2.24) is 0 Å². The van der Waals surface area contributed by atoms with E-state index >= 15 is 0 Å². The monoisotopic (exact) mass is 430 g/mol. The van der Waals surface area contributed by atoms with Crippen molar-refractivity contribution in [2.24, 2.45) is 0 Å². The predicted octanol–water partition coefficient (Wildman–Crippen LogP) is 5.02. The standard InChI is InChI=1S/C26H22O6/c1-29-25(27)21-5-3-19-15-23(9-7-17(19)13-21)31-11-12-32-24-10-8-18-14-22(26(28)30-2)6-4-20(18)16-24/h3-10,13-16H,11-12H2,1-2H3. The first-order valence-corrected chi connectivity index (χ1v) is 10.1. The molecule has 0 N–H and O–H groups in total. The average molecular weight is 430 g/mol. The van der Waals surface area contributed by atoms with Crippen LogP contribution in [0.3, 0.4) is 0 Å². The zero-order valence-electron chi connectivity index (χ0n) is 17.8. The van der Waals surface area contributed by atoms with Crippen LogP contribution in [0.15, 0.2) is 72.8 Å². The van der Waals surface area contributed by atoms with Crippen LogP contribution in [0, 0.1) is 0 Å². The number of carbonyl (C=O) groups is 2. The van der Waals surface area contributed by atoms with E-state index in [2.05, 4.69) is 0 Å². The summed E-state index contributed by atoms with van der Waals surface area (Å²) in [4.78, 5) is 23.3. The summed E-state index contributed by atoms with van der Waals surface area (Å²) in [5.74, 6) is 0.727. The zero-order valence-corrected chi connectivity index (χ0v) is 17.8. The molecule has 4 aromatic rings. The first-order valence-electron chi connectivity index (χ1n) is 10.1. The molecule has 6 nitrogen and oxygen atoms in total. The van der Waals surface area contributed by atoms with Gasteiger partial charge in [-0.2, -0.15) is 0 Å². The van der Waals surface area contributed by atoms with Crippen molar-refractivity contribution in [2.45, 2.75) is 0 Å². The van der Waals surface area contributed by atoms with Gasteiger partial charge in [0.1, 0.15) is 24.7 Å². The van der Waals surface area contributed by atoms with Crippen molar-refractivity contribution in [2.75, 3.05) is 27.4 Å². The summed E-state index contributed by atoms with van der Waals surface area (Å²) >= 11 is 0. The number of rotatable bonds is 7. The van der Waals surface area contributed by atoms with Gasteiger partial charge in [0.25, 0.3) is 0 Å². The van der Waals surface area contributed by atoms with Crippen LogP contribution in [0.25, 0.3) is 21.5 Å². The molecule has 0 spiro atoms. The highest BCUT2D eigenvalue weighted by Gasteiger charge is 2.08. The maximum atomic E-state index is 11.7. The Hall–Kier alpha value is -4.06. The Kier molecular flexibility index (Phi) is 6.22. The number of carbonyl (C=O) groups excluding carboxylic acids is 2. The van der Waals surface area contributed by atoms with Crippen molar-refractivity contribution < 1.29 is 28.5 Å². The number of ether oxygens (including phenoxy) is 4. The molecule has 0 unspecified atom stereocenters. The third kappa shape index (κ3) is 4.64. The molecule has 4 aromatic carbocycles. The molecule has 0 saturated heterocycles. The van der Waals surface area contributed by atoms with Crippen molar-refractivity contribution in [3.63, 3.8) is 0 Å². The number of hydrogen-bond donors (Lipinski definition) is 0. The smallest absolute Gasteiger partial charge is 0.337 e. The van der Waals surface area contributed by atoms with Crippen LogP contribution in [0.4, 0.5) is 0 Å². The van der Waals surface area contributed by atoms with Crippen molar-refractivity contribution >= 4 is 33.5 Å². The lowest BCUT2D eigenvalue weighted by Crippen LogP contribution is -2.09. The molecule has 4 rings (SSSR count). The number of hydrogen-bond acceptors (Lipinski definition) is 6. The second-order valence-electron chi connectivity index (χ2n) is 7.13. The third-order valence-corrected chi connectivity index (χ3v) is 5.09. The van der Waals surface area contributed by atoms with Gasteiger partial charge in [-0.1, -0.05) is 24.3 Å². The Morgan fingerprint density at radius 2 is 0.938 bits per heavy atom. The molecular formula is C26H22O6. The minimum Gasteiger partial charge on any atom is -0.490 e. The van der Waals surface area contributed by atoms with E-state index in [9.17, 15) is 9.59 Å². The van der Waals surface area contributed by atoms with Crippen LogP contribution in [0.5, 0.6) is 11.5 Å². The Morgan fingerprint density at radius 3 is 1.34 bits per heavy atom. The number of methoxy groups -OCH3 is 2. The maximum absolute atomic E-state index is 11.7. The second kappa shape index (κ2) is 9.39. The molecule has 0 aliphatic carbocycles. The maximum Gasteiger partial charge on any atom is 0.337 e. The largest absolute Gasteiger partial charge is 0.490 e. The van der Waals surface area contributed by atoms with E-state index in [0.717, 1.165) is 33.0 Å². The summed E-state index contributed by atoms with van der Waals surface area (Å²) in [5, 5.41) is 3.81. The summed E-state index contributed by atoms with van der Waals surface area (Å²) in [6.07, 6.45) is 0. The minimum atomic E-state index is -0.359. The molecule has 0 amide bonds. The lowest BCUT2D eigenvalue weighted by molar-refractivity contribution is 0.0592. The number of fused-ring (bicyclic) bond motifs is 2. The summed E-state index contributed by atoms with van der Waals surface area (Å²) in [5.41, 5.74) is 1.03. The van der Waals surface area contributed by atoms with E-state index in [0.29, 0.717) is 24.3 Å². The van der Waals surface area contributed by atoms with Gasteiger partial charge in [0.15, 0.2) is 0 Å². The Labute approximate surface area is 185 Å². The highest BCUT2D eigenvalue weighted by molar-refractivity contribution is 5.96. The van der Waals surface area contributed by atoms with Gasteiger partial charge in [-0.15, -0.1) is 0 Å². The second-order valence-corrected chi connectivity index (χ2v) is 7.13. The zero-order chi connectivity index (χ0) is 22.5. The molecule has 0 atom stereocenters. The molecule has 0 bridgehead atoms. The van der Waals surface area contributed by atoms with Crippen molar-refractivity contribution in [1.29, 1.82) is 0 Å². The average Bonchev–Trinajstić information content (AvgIpc) is 2.84.